The minimum Gasteiger partial charge on any atom is -0.0764 e. The molecule has 0 amide bonds. The summed E-state index contributed by atoms with van der Waals surface area (Å²) in [4.78, 5) is 0. The quantitative estimate of drug-likeness (QED) is 0.310. The second-order valence-electron chi connectivity index (χ2n) is 9.39. The van der Waals surface area contributed by atoms with Crippen molar-refractivity contribution in [2.45, 2.75) is 25.2 Å². The van der Waals surface area contributed by atoms with E-state index < -0.39 is 0 Å². The fraction of sp³-hybridized carbons (Fsp3) is 0.152. The molecule has 1 atom stereocenters. The topological polar surface area (TPSA) is 0 Å². The number of benzene rings is 4. The molecule has 1 unspecified atom stereocenters. The lowest BCUT2D eigenvalue weighted by molar-refractivity contribution is 0.393. The second kappa shape index (κ2) is 7.74. The average Bonchev–Trinajstić information content (AvgIpc) is 3.51. The Labute approximate surface area is 196 Å². The summed E-state index contributed by atoms with van der Waals surface area (Å²) in [6.45, 7) is 4.54. The van der Waals surface area contributed by atoms with Gasteiger partial charge in [0.2, 0.25) is 0 Å². The van der Waals surface area contributed by atoms with Crippen LogP contribution in [-0.4, -0.2) is 0 Å². The van der Waals surface area contributed by atoms with E-state index in [1.54, 1.807) is 0 Å². The van der Waals surface area contributed by atoms with Crippen LogP contribution in [0.5, 0.6) is 0 Å². The summed E-state index contributed by atoms with van der Waals surface area (Å²) in [5.74, 6) is 0.467. The first-order valence-electron chi connectivity index (χ1n) is 11.9. The molecule has 160 valence electrons. The van der Waals surface area contributed by atoms with Crippen molar-refractivity contribution in [2.24, 2.45) is 5.92 Å². The molecule has 6 rings (SSSR count). The SMILES string of the molecule is Cc1cccc(C(c2ccccc2)(C2C=CC=C2)C2c3ccccc3-c3ccccc32)c1C. The zero-order chi connectivity index (χ0) is 22.4. The normalized spacial score (nSPS) is 16.5. The Morgan fingerprint density at radius 3 is 1.79 bits per heavy atom. The molecule has 0 bridgehead atoms. The summed E-state index contributed by atoms with van der Waals surface area (Å²) in [7, 11) is 0. The molecule has 0 saturated carbocycles. The summed E-state index contributed by atoms with van der Waals surface area (Å²) in [6, 6.07) is 36.1. The number of rotatable bonds is 4. The first-order valence-corrected chi connectivity index (χ1v) is 11.9. The lowest BCUT2D eigenvalue weighted by Gasteiger charge is -2.46. The highest BCUT2D eigenvalue weighted by Gasteiger charge is 2.51. The van der Waals surface area contributed by atoms with Crippen LogP contribution < -0.4 is 0 Å². The van der Waals surface area contributed by atoms with Crippen LogP contribution in [-0.2, 0) is 5.41 Å². The Morgan fingerprint density at radius 2 is 1.15 bits per heavy atom. The molecule has 0 nitrogen and oxygen atoms in total. The highest BCUT2D eigenvalue weighted by Crippen LogP contribution is 2.60. The Balaban J connectivity index is 1.79. The van der Waals surface area contributed by atoms with Gasteiger partial charge in [0, 0.05) is 17.3 Å². The van der Waals surface area contributed by atoms with Crippen LogP contribution >= 0.6 is 0 Å². The molecule has 2 aliphatic carbocycles. The van der Waals surface area contributed by atoms with Gasteiger partial charge in [-0.05, 0) is 58.4 Å². The van der Waals surface area contributed by atoms with Crippen molar-refractivity contribution in [3.05, 3.63) is 155 Å². The molecule has 4 aromatic rings. The molecular formula is C33H28. The number of hydrogen-bond donors (Lipinski definition) is 0. The standard InChI is InChI=1S/C33H28/c1-23-13-12-22-31(24(23)2)33(26-16-6-7-17-26,25-14-4-3-5-15-25)32-29-20-10-8-18-27(29)28-19-9-11-21-30(28)32/h3-22,26,32H,1-2H3. The summed E-state index contributed by atoms with van der Waals surface area (Å²) in [5, 5.41) is 0. The highest BCUT2D eigenvalue weighted by molar-refractivity contribution is 5.81. The van der Waals surface area contributed by atoms with E-state index in [1.807, 2.05) is 0 Å². The van der Waals surface area contributed by atoms with E-state index in [0.29, 0.717) is 0 Å². The molecule has 4 aromatic carbocycles. The zero-order valence-electron chi connectivity index (χ0n) is 19.2. The average molecular weight is 425 g/mol. The van der Waals surface area contributed by atoms with Crippen LogP contribution in [0.15, 0.2) is 121 Å². The van der Waals surface area contributed by atoms with Crippen LogP contribution in [0.25, 0.3) is 11.1 Å². The number of allylic oxidation sites excluding steroid dienone is 4. The molecule has 0 aliphatic heterocycles. The van der Waals surface area contributed by atoms with E-state index in [-0.39, 0.29) is 17.3 Å². The van der Waals surface area contributed by atoms with E-state index in [4.69, 9.17) is 0 Å². The maximum absolute atomic E-state index is 2.40. The van der Waals surface area contributed by atoms with Gasteiger partial charge in [0.25, 0.3) is 0 Å². The Hall–Kier alpha value is -3.64. The molecule has 2 aliphatic rings. The maximum Gasteiger partial charge on any atom is 0.0412 e. The first-order chi connectivity index (χ1) is 16.2. The number of aryl methyl sites for hydroxylation is 1. The molecule has 0 spiro atoms. The molecule has 0 heterocycles. The van der Waals surface area contributed by atoms with Gasteiger partial charge in [-0.3, -0.25) is 0 Å². The van der Waals surface area contributed by atoms with E-state index in [9.17, 15) is 0 Å². The van der Waals surface area contributed by atoms with Gasteiger partial charge in [0.05, 0.1) is 0 Å². The van der Waals surface area contributed by atoms with E-state index in [0.717, 1.165) is 0 Å². The molecular weight excluding hydrogens is 396 g/mol. The third-order valence-electron chi connectivity index (χ3n) is 7.86. The van der Waals surface area contributed by atoms with Gasteiger partial charge < -0.3 is 0 Å². The largest absolute Gasteiger partial charge is 0.0764 e. The molecule has 0 N–H and O–H groups in total. The van der Waals surface area contributed by atoms with Crippen molar-refractivity contribution < 1.29 is 0 Å². The van der Waals surface area contributed by atoms with Gasteiger partial charge in [-0.15, -0.1) is 0 Å². The van der Waals surface area contributed by atoms with Crippen LogP contribution in [0.3, 0.4) is 0 Å². The monoisotopic (exact) mass is 424 g/mol. The Morgan fingerprint density at radius 1 is 0.576 bits per heavy atom. The number of fused-ring (bicyclic) bond motifs is 3. The summed E-state index contributed by atoms with van der Waals surface area (Å²) in [6.07, 6.45) is 9.25. The third-order valence-corrected chi connectivity index (χ3v) is 7.86. The third kappa shape index (κ3) is 2.84. The van der Waals surface area contributed by atoms with Crippen molar-refractivity contribution in [3.8, 4) is 11.1 Å². The van der Waals surface area contributed by atoms with Crippen molar-refractivity contribution in [1.82, 2.24) is 0 Å². The summed E-state index contributed by atoms with van der Waals surface area (Å²) >= 11 is 0. The Kier molecular flexibility index (Phi) is 4.69. The second-order valence-corrected chi connectivity index (χ2v) is 9.39. The number of hydrogen-bond acceptors (Lipinski definition) is 0. The van der Waals surface area contributed by atoms with Crippen molar-refractivity contribution >= 4 is 0 Å². The highest BCUT2D eigenvalue weighted by atomic mass is 14.5. The smallest absolute Gasteiger partial charge is 0.0412 e. The fourth-order valence-electron chi connectivity index (χ4n) is 6.34. The Bertz CT molecular complexity index is 1330. The van der Waals surface area contributed by atoms with E-state index in [2.05, 4.69) is 135 Å². The predicted molar refractivity (Wildman–Crippen MR) is 139 cm³/mol. The van der Waals surface area contributed by atoms with Crippen LogP contribution in [0.2, 0.25) is 0 Å². The van der Waals surface area contributed by atoms with Gasteiger partial charge in [0.1, 0.15) is 0 Å². The fourth-order valence-corrected chi connectivity index (χ4v) is 6.34. The van der Waals surface area contributed by atoms with Crippen LogP contribution in [0.4, 0.5) is 0 Å². The molecule has 0 radical (unpaired) electrons. The van der Waals surface area contributed by atoms with Gasteiger partial charge >= 0.3 is 0 Å². The molecule has 0 fully saturated rings. The van der Waals surface area contributed by atoms with Gasteiger partial charge in [-0.2, -0.15) is 0 Å². The van der Waals surface area contributed by atoms with Crippen LogP contribution in [0, 0.1) is 19.8 Å². The predicted octanol–water partition coefficient (Wildman–Crippen LogP) is 8.14. The van der Waals surface area contributed by atoms with Crippen molar-refractivity contribution in [3.63, 3.8) is 0 Å². The van der Waals surface area contributed by atoms with Gasteiger partial charge in [0.15, 0.2) is 0 Å². The lowest BCUT2D eigenvalue weighted by Crippen LogP contribution is -2.41. The van der Waals surface area contributed by atoms with E-state index in [1.165, 1.54) is 44.5 Å². The molecule has 33 heavy (non-hydrogen) atoms. The van der Waals surface area contributed by atoms with Crippen LogP contribution in [0.1, 0.15) is 39.3 Å². The van der Waals surface area contributed by atoms with E-state index >= 15 is 0 Å². The molecule has 0 heteroatoms. The molecule has 0 aromatic heterocycles. The van der Waals surface area contributed by atoms with Crippen molar-refractivity contribution in [2.75, 3.05) is 0 Å². The summed E-state index contributed by atoms with van der Waals surface area (Å²) < 4.78 is 0. The lowest BCUT2D eigenvalue weighted by atomic mass is 9.55. The van der Waals surface area contributed by atoms with Gasteiger partial charge in [-0.1, -0.05) is 121 Å². The minimum atomic E-state index is -0.260. The van der Waals surface area contributed by atoms with Crippen molar-refractivity contribution in [1.29, 1.82) is 0 Å². The van der Waals surface area contributed by atoms with Gasteiger partial charge in [-0.25, -0.2) is 0 Å². The maximum atomic E-state index is 2.40. The summed E-state index contributed by atoms with van der Waals surface area (Å²) in [5.41, 5.74) is 10.9. The zero-order valence-corrected chi connectivity index (χ0v) is 19.2. The minimum absolute atomic E-state index is 0.213. The first kappa shape index (κ1) is 20.0. The molecule has 0 saturated heterocycles.